The van der Waals surface area contributed by atoms with Crippen LogP contribution in [0.4, 0.5) is 4.79 Å². The molecule has 30 heavy (non-hydrogen) atoms. The summed E-state index contributed by atoms with van der Waals surface area (Å²) in [6.07, 6.45) is 0. The van der Waals surface area contributed by atoms with Crippen LogP contribution >= 0.6 is 0 Å². The summed E-state index contributed by atoms with van der Waals surface area (Å²) in [5.74, 6) is -0.713. The minimum absolute atomic E-state index is 0.0507. The van der Waals surface area contributed by atoms with Gasteiger partial charge in [0.05, 0.1) is 5.56 Å². The van der Waals surface area contributed by atoms with Crippen molar-refractivity contribution in [3.63, 3.8) is 0 Å². The minimum Gasteiger partial charge on any atom is -0.507 e. The van der Waals surface area contributed by atoms with Crippen LogP contribution in [0.15, 0.2) is 37.9 Å². The topological polar surface area (TPSA) is 156 Å². The number of furan rings is 1. The summed E-state index contributed by atoms with van der Waals surface area (Å²) >= 11 is 0. The Hall–Kier alpha value is -3.60. The van der Waals surface area contributed by atoms with E-state index in [1.807, 2.05) is 5.32 Å². The summed E-state index contributed by atoms with van der Waals surface area (Å²) < 4.78 is 34.7. The molecule has 0 spiro atoms. The lowest BCUT2D eigenvalue weighted by Crippen LogP contribution is -2.36. The second kappa shape index (κ2) is 7.02. The number of thiol groups is 1. The molecular weight excluding hydrogens is 416 g/mol. The van der Waals surface area contributed by atoms with Gasteiger partial charge in [0.25, 0.3) is 5.91 Å². The van der Waals surface area contributed by atoms with E-state index in [2.05, 4.69) is 5.32 Å². The number of hydrogen-bond acceptors (Lipinski definition) is 8. The van der Waals surface area contributed by atoms with Crippen molar-refractivity contribution < 1.29 is 31.9 Å². The van der Waals surface area contributed by atoms with Crippen LogP contribution in [0.5, 0.6) is 5.75 Å². The van der Waals surface area contributed by atoms with Crippen LogP contribution < -0.4 is 16.3 Å². The van der Waals surface area contributed by atoms with E-state index < -0.39 is 39.6 Å². The number of imide groups is 1. The van der Waals surface area contributed by atoms with Crippen LogP contribution in [0.2, 0.25) is 0 Å². The van der Waals surface area contributed by atoms with Crippen LogP contribution in [0, 0.1) is 13.8 Å². The number of carbonyl (C=O) groups excluding carboxylic acids is 2. The van der Waals surface area contributed by atoms with Gasteiger partial charge in [0.15, 0.2) is 11.5 Å². The second-order valence-corrected chi connectivity index (χ2v) is 8.02. The van der Waals surface area contributed by atoms with E-state index in [9.17, 15) is 27.9 Å². The fraction of sp³-hybridized carbons (Fsp3) is 0.211. The number of hydrogen-bond donors (Lipinski definition) is 4. The molecule has 3 N–H and O–H groups in total. The van der Waals surface area contributed by atoms with Crippen LogP contribution in [0.25, 0.3) is 22.5 Å². The van der Waals surface area contributed by atoms with Gasteiger partial charge in [-0.25, -0.2) is 18.0 Å². The zero-order valence-corrected chi connectivity index (χ0v) is 16.6. The Morgan fingerprint density at radius 1 is 1.07 bits per heavy atom. The van der Waals surface area contributed by atoms with Gasteiger partial charge in [0, 0.05) is 10.9 Å². The van der Waals surface area contributed by atoms with Crippen molar-refractivity contribution in [2.45, 2.75) is 25.1 Å². The molecule has 1 saturated heterocycles. The lowest BCUT2D eigenvalue weighted by molar-refractivity contribution is -0.120. The summed E-state index contributed by atoms with van der Waals surface area (Å²) in [4.78, 5) is 35.2. The number of nitrogens with one attached hydrogen (secondary N) is 2. The normalized spacial score (nSPS) is 17.4. The molecule has 3 amide bonds. The maximum atomic E-state index is 11.9. The Morgan fingerprint density at radius 3 is 2.43 bits per heavy atom. The van der Waals surface area contributed by atoms with E-state index in [1.165, 1.54) is 31.2 Å². The summed E-state index contributed by atoms with van der Waals surface area (Å²) in [6.45, 7) is 3.00. The molecule has 2 aromatic heterocycles. The van der Waals surface area contributed by atoms with Crippen molar-refractivity contribution in [3.8, 4) is 17.3 Å². The molecule has 4 rings (SSSR count). The average Bonchev–Trinajstić information content (AvgIpc) is 3.25. The monoisotopic (exact) mass is 432 g/mol. The molecule has 0 radical (unpaired) electrons. The molecule has 156 valence electrons. The van der Waals surface area contributed by atoms with Gasteiger partial charge in [-0.2, -0.15) is 0 Å². The van der Waals surface area contributed by atoms with E-state index in [4.69, 9.17) is 8.83 Å². The van der Waals surface area contributed by atoms with E-state index in [0.29, 0.717) is 16.5 Å². The number of aromatic hydroxyl groups is 1. The predicted molar refractivity (Wildman–Crippen MR) is 105 cm³/mol. The molecule has 0 aliphatic carbocycles. The van der Waals surface area contributed by atoms with E-state index >= 15 is 0 Å². The first-order valence-corrected chi connectivity index (χ1v) is 10.0. The van der Waals surface area contributed by atoms with Crippen LogP contribution in [-0.2, 0) is 15.5 Å². The first-order chi connectivity index (χ1) is 14.2. The number of fused-ring (bicyclic) bond motifs is 1. The maximum Gasteiger partial charge on any atom is 0.343 e. The number of amides is 3. The fourth-order valence-electron chi connectivity index (χ4n) is 3.41. The Morgan fingerprint density at radius 2 is 1.80 bits per heavy atom. The van der Waals surface area contributed by atoms with Crippen LogP contribution in [0.3, 0.4) is 0 Å². The smallest absolute Gasteiger partial charge is 0.343 e. The number of carbonyl (C=O) groups is 2. The van der Waals surface area contributed by atoms with Crippen molar-refractivity contribution in [1.82, 2.24) is 10.6 Å². The molecule has 10 nitrogen and oxygen atoms in total. The quantitative estimate of drug-likeness (QED) is 0.354. The molecule has 11 heteroatoms. The fourth-order valence-corrected chi connectivity index (χ4v) is 4.27. The third-order valence-corrected chi connectivity index (χ3v) is 6.06. The lowest BCUT2D eigenvalue weighted by Gasteiger charge is -2.15. The first-order valence-electron chi connectivity index (χ1n) is 8.79. The van der Waals surface area contributed by atoms with Crippen molar-refractivity contribution in [3.05, 3.63) is 51.4 Å². The highest BCUT2D eigenvalue weighted by Crippen LogP contribution is 2.35. The van der Waals surface area contributed by atoms with Crippen LogP contribution in [0.1, 0.15) is 21.9 Å². The second-order valence-electron chi connectivity index (χ2n) is 6.90. The van der Waals surface area contributed by atoms with Crippen molar-refractivity contribution in [1.29, 1.82) is 0 Å². The lowest BCUT2D eigenvalue weighted by atomic mass is 10.0. The van der Waals surface area contributed by atoms with Gasteiger partial charge in [-0.3, -0.25) is 10.1 Å². The highest BCUT2D eigenvalue weighted by molar-refractivity contribution is 7.72. The zero-order valence-electron chi connectivity index (χ0n) is 15.7. The third kappa shape index (κ3) is 3.12. The summed E-state index contributed by atoms with van der Waals surface area (Å²) in [5.41, 5.74) is 0.334. The summed E-state index contributed by atoms with van der Waals surface area (Å²) in [5, 5.41) is 13.6. The summed E-state index contributed by atoms with van der Waals surface area (Å²) in [6, 6.07) is 4.01. The molecule has 0 saturated carbocycles. The van der Waals surface area contributed by atoms with E-state index in [-0.39, 0.29) is 28.4 Å². The zero-order chi connectivity index (χ0) is 21.7. The molecule has 2 atom stereocenters. The third-order valence-electron chi connectivity index (χ3n) is 5.01. The molecule has 3 heterocycles. The highest BCUT2D eigenvalue weighted by Gasteiger charge is 2.39. The van der Waals surface area contributed by atoms with Crippen molar-refractivity contribution in [2.75, 3.05) is 0 Å². The SMILES string of the molecule is Cc1c(-c2cc3cc(C(C4NC(=O)NC4=O)[SH](=O)=O)ccc3o2)oc(=O)c(C)c1O. The van der Waals surface area contributed by atoms with Gasteiger partial charge in [-0.05, 0) is 37.6 Å². The first kappa shape index (κ1) is 19.7. The Kier molecular flexibility index (Phi) is 4.61. The van der Waals surface area contributed by atoms with Gasteiger partial charge in [0.2, 0.25) is 0 Å². The maximum absolute atomic E-state index is 11.9. The van der Waals surface area contributed by atoms with Gasteiger partial charge in [-0.1, -0.05) is 6.07 Å². The van der Waals surface area contributed by atoms with E-state index in [0.717, 1.165) is 0 Å². The molecule has 1 aliphatic heterocycles. The molecule has 1 aromatic carbocycles. The average molecular weight is 432 g/mol. The Bertz CT molecular complexity index is 1340. The largest absolute Gasteiger partial charge is 0.507 e. The molecular formula is C19H16N2O8S. The molecule has 2 unspecified atom stereocenters. The predicted octanol–water partition coefficient (Wildman–Crippen LogP) is 1.24. The van der Waals surface area contributed by atoms with Gasteiger partial charge in [-0.15, -0.1) is 0 Å². The van der Waals surface area contributed by atoms with Gasteiger partial charge in [0.1, 0.15) is 33.3 Å². The molecule has 0 bridgehead atoms. The molecule has 1 aliphatic rings. The van der Waals surface area contributed by atoms with Gasteiger partial charge >= 0.3 is 11.7 Å². The number of rotatable bonds is 4. The minimum atomic E-state index is -3.11. The van der Waals surface area contributed by atoms with Gasteiger partial charge < -0.3 is 19.3 Å². The molecule has 1 fully saturated rings. The Labute approximate surface area is 170 Å². The number of urea groups is 1. The molecule has 3 aromatic rings. The Balaban J connectivity index is 1.81. The van der Waals surface area contributed by atoms with Crippen molar-refractivity contribution in [2.24, 2.45) is 0 Å². The van der Waals surface area contributed by atoms with E-state index in [1.54, 1.807) is 6.92 Å². The summed E-state index contributed by atoms with van der Waals surface area (Å²) in [7, 11) is -3.11. The highest BCUT2D eigenvalue weighted by atomic mass is 32.2. The number of benzene rings is 1. The standard InChI is InChI=1S/C19H16N2O8S/c1-7-14(22)8(2)18(24)29-15(7)12-6-10-5-9(3-4-11(10)28-12)16(30(26)27)13-17(23)21-19(25)20-13/h3-6,13,16,22,30H,1-2H3,(H2,20,21,23,25). The van der Waals surface area contributed by atoms with Crippen LogP contribution in [-0.4, -0.2) is 31.5 Å². The van der Waals surface area contributed by atoms with Crippen molar-refractivity contribution >= 4 is 33.6 Å².